The number of nitrogens with one attached hydrogen (secondary N) is 1. The van der Waals surface area contributed by atoms with Gasteiger partial charge >= 0.3 is 0 Å². The summed E-state index contributed by atoms with van der Waals surface area (Å²) in [7, 11) is 0. The van der Waals surface area contributed by atoms with Gasteiger partial charge in [-0.25, -0.2) is 8.78 Å². The molecule has 0 saturated carbocycles. The second-order valence-corrected chi connectivity index (χ2v) is 5.55. The van der Waals surface area contributed by atoms with Crippen LogP contribution in [0.4, 0.5) is 13.9 Å². The standard InChI is InChI=1S/C14H15F2N3OS/c1-3-8(4-2)13-18-19-14(21-13)17-12(20)10-6-5-9(15)7-11(10)16/h5-8H,3-4H2,1-2H3,(H,17,19,20). The van der Waals surface area contributed by atoms with E-state index in [-0.39, 0.29) is 5.56 Å². The van der Waals surface area contributed by atoms with Gasteiger partial charge in [-0.05, 0) is 25.0 Å². The van der Waals surface area contributed by atoms with Crippen molar-refractivity contribution in [1.82, 2.24) is 10.2 Å². The fourth-order valence-corrected chi connectivity index (χ4v) is 2.93. The first-order chi connectivity index (χ1) is 10.0. The molecule has 1 aromatic carbocycles. The maximum absolute atomic E-state index is 13.5. The van der Waals surface area contributed by atoms with Crippen LogP contribution in [0.2, 0.25) is 0 Å². The average Bonchev–Trinajstić information content (AvgIpc) is 2.88. The Morgan fingerprint density at radius 3 is 2.62 bits per heavy atom. The summed E-state index contributed by atoms with van der Waals surface area (Å²) in [5.41, 5.74) is -0.226. The highest BCUT2D eigenvalue weighted by Gasteiger charge is 2.17. The second kappa shape index (κ2) is 6.71. The number of amides is 1. The maximum Gasteiger partial charge on any atom is 0.260 e. The van der Waals surface area contributed by atoms with Crippen molar-refractivity contribution >= 4 is 22.4 Å². The molecule has 0 atom stereocenters. The molecule has 1 heterocycles. The van der Waals surface area contributed by atoms with E-state index >= 15 is 0 Å². The molecule has 7 heteroatoms. The predicted octanol–water partition coefficient (Wildman–Crippen LogP) is 3.97. The number of carbonyl (C=O) groups excluding carboxylic acids is 1. The summed E-state index contributed by atoms with van der Waals surface area (Å²) in [6, 6.07) is 2.81. The molecule has 21 heavy (non-hydrogen) atoms. The van der Waals surface area contributed by atoms with Gasteiger partial charge in [0.05, 0.1) is 5.56 Å². The zero-order chi connectivity index (χ0) is 15.4. The lowest BCUT2D eigenvalue weighted by Crippen LogP contribution is -2.13. The molecular weight excluding hydrogens is 296 g/mol. The molecule has 2 aromatic rings. The summed E-state index contributed by atoms with van der Waals surface area (Å²) < 4.78 is 26.3. The SMILES string of the molecule is CCC(CC)c1nnc(NC(=O)c2ccc(F)cc2F)s1. The van der Waals surface area contributed by atoms with Gasteiger partial charge in [-0.15, -0.1) is 10.2 Å². The van der Waals surface area contributed by atoms with Crippen LogP contribution in [0.15, 0.2) is 18.2 Å². The molecule has 0 aliphatic heterocycles. The number of hydrogen-bond acceptors (Lipinski definition) is 4. The number of carbonyl (C=O) groups is 1. The highest BCUT2D eigenvalue weighted by Crippen LogP contribution is 2.28. The first kappa shape index (κ1) is 15.5. The van der Waals surface area contributed by atoms with Gasteiger partial charge in [-0.3, -0.25) is 10.1 Å². The van der Waals surface area contributed by atoms with Gasteiger partial charge in [0.2, 0.25) is 5.13 Å². The van der Waals surface area contributed by atoms with Crippen molar-refractivity contribution < 1.29 is 13.6 Å². The van der Waals surface area contributed by atoms with Crippen molar-refractivity contribution in [2.75, 3.05) is 5.32 Å². The summed E-state index contributed by atoms with van der Waals surface area (Å²) in [5, 5.41) is 11.6. The Balaban J connectivity index is 2.13. The highest BCUT2D eigenvalue weighted by molar-refractivity contribution is 7.15. The largest absolute Gasteiger partial charge is 0.296 e. The quantitative estimate of drug-likeness (QED) is 0.909. The Kier molecular flexibility index (Phi) is 4.95. The molecule has 0 fully saturated rings. The van der Waals surface area contributed by atoms with Gasteiger partial charge in [-0.2, -0.15) is 0 Å². The van der Waals surface area contributed by atoms with Gasteiger partial charge in [0.1, 0.15) is 16.6 Å². The summed E-state index contributed by atoms with van der Waals surface area (Å²) in [6.07, 6.45) is 1.87. The minimum Gasteiger partial charge on any atom is -0.296 e. The van der Waals surface area contributed by atoms with Gasteiger partial charge in [0.15, 0.2) is 0 Å². The van der Waals surface area contributed by atoms with E-state index in [9.17, 15) is 13.6 Å². The molecule has 2 rings (SSSR count). The number of anilines is 1. The Labute approximate surface area is 125 Å². The van der Waals surface area contributed by atoms with Crippen molar-refractivity contribution in [3.63, 3.8) is 0 Å². The molecule has 1 aromatic heterocycles. The molecule has 112 valence electrons. The summed E-state index contributed by atoms with van der Waals surface area (Å²) in [5.74, 6) is -2.00. The number of rotatable bonds is 5. The smallest absolute Gasteiger partial charge is 0.260 e. The molecule has 0 saturated heterocycles. The van der Waals surface area contributed by atoms with Gasteiger partial charge in [0.25, 0.3) is 5.91 Å². The fourth-order valence-electron chi connectivity index (χ4n) is 1.93. The first-order valence-corrected chi connectivity index (χ1v) is 7.46. The molecule has 0 bridgehead atoms. The zero-order valence-electron chi connectivity index (χ0n) is 11.7. The third-order valence-electron chi connectivity index (χ3n) is 3.17. The lowest BCUT2D eigenvalue weighted by molar-refractivity contribution is 0.102. The van der Waals surface area contributed by atoms with Crippen LogP contribution in [0.25, 0.3) is 0 Å². The fraction of sp³-hybridized carbons (Fsp3) is 0.357. The number of benzene rings is 1. The van der Waals surface area contributed by atoms with Crippen molar-refractivity contribution in [1.29, 1.82) is 0 Å². The molecule has 4 nitrogen and oxygen atoms in total. The number of hydrogen-bond donors (Lipinski definition) is 1. The first-order valence-electron chi connectivity index (χ1n) is 6.64. The molecule has 0 aliphatic rings. The van der Waals surface area contributed by atoms with E-state index in [0.717, 1.165) is 30.0 Å². The van der Waals surface area contributed by atoms with E-state index in [2.05, 4.69) is 29.4 Å². The summed E-state index contributed by atoms with van der Waals surface area (Å²) in [6.45, 7) is 4.11. The van der Waals surface area contributed by atoms with Crippen LogP contribution in [-0.2, 0) is 0 Å². The topological polar surface area (TPSA) is 54.9 Å². The van der Waals surface area contributed by atoms with Gasteiger partial charge in [-0.1, -0.05) is 25.2 Å². The van der Waals surface area contributed by atoms with Crippen LogP contribution >= 0.6 is 11.3 Å². The van der Waals surface area contributed by atoms with Crippen LogP contribution < -0.4 is 5.32 Å². The molecule has 1 amide bonds. The molecule has 1 N–H and O–H groups in total. The van der Waals surface area contributed by atoms with E-state index in [1.54, 1.807) is 0 Å². The molecule has 0 unspecified atom stereocenters. The van der Waals surface area contributed by atoms with Gasteiger partial charge in [0, 0.05) is 12.0 Å². The van der Waals surface area contributed by atoms with Crippen LogP contribution in [0.1, 0.15) is 48.0 Å². The summed E-state index contributed by atoms with van der Waals surface area (Å²) >= 11 is 1.27. The van der Waals surface area contributed by atoms with Crippen molar-refractivity contribution in [2.45, 2.75) is 32.6 Å². The Morgan fingerprint density at radius 1 is 1.29 bits per heavy atom. The van der Waals surface area contributed by atoms with Crippen molar-refractivity contribution in [2.24, 2.45) is 0 Å². The average molecular weight is 311 g/mol. The molecule has 0 aliphatic carbocycles. The number of aromatic nitrogens is 2. The summed E-state index contributed by atoms with van der Waals surface area (Å²) in [4.78, 5) is 11.9. The van der Waals surface area contributed by atoms with E-state index in [4.69, 9.17) is 0 Å². The lowest BCUT2D eigenvalue weighted by Gasteiger charge is -2.06. The molecule has 0 radical (unpaired) electrons. The molecule has 0 spiro atoms. The van der Waals surface area contributed by atoms with E-state index in [1.807, 2.05) is 0 Å². The van der Waals surface area contributed by atoms with Crippen LogP contribution in [0.5, 0.6) is 0 Å². The minimum atomic E-state index is -0.905. The van der Waals surface area contributed by atoms with Crippen LogP contribution in [0.3, 0.4) is 0 Å². The van der Waals surface area contributed by atoms with E-state index in [1.165, 1.54) is 11.3 Å². The van der Waals surface area contributed by atoms with Crippen LogP contribution in [0, 0.1) is 11.6 Å². The van der Waals surface area contributed by atoms with Crippen LogP contribution in [-0.4, -0.2) is 16.1 Å². The Bertz CT molecular complexity index is 641. The van der Waals surface area contributed by atoms with E-state index in [0.29, 0.717) is 17.1 Å². The third kappa shape index (κ3) is 3.60. The normalized spacial score (nSPS) is 10.9. The third-order valence-corrected chi connectivity index (χ3v) is 4.17. The molecular formula is C14H15F2N3OS. The Hall–Kier alpha value is -1.89. The predicted molar refractivity (Wildman–Crippen MR) is 77.5 cm³/mol. The van der Waals surface area contributed by atoms with Crippen molar-refractivity contribution in [3.8, 4) is 0 Å². The maximum atomic E-state index is 13.5. The number of nitrogens with zero attached hydrogens (tertiary/aromatic N) is 2. The monoisotopic (exact) mass is 311 g/mol. The second-order valence-electron chi connectivity index (χ2n) is 4.54. The Morgan fingerprint density at radius 2 is 2.00 bits per heavy atom. The van der Waals surface area contributed by atoms with Crippen molar-refractivity contribution in [3.05, 3.63) is 40.4 Å². The number of halogens is 2. The highest BCUT2D eigenvalue weighted by atomic mass is 32.1. The lowest BCUT2D eigenvalue weighted by atomic mass is 10.1. The minimum absolute atomic E-state index is 0.226. The van der Waals surface area contributed by atoms with Gasteiger partial charge < -0.3 is 0 Å². The van der Waals surface area contributed by atoms with E-state index < -0.39 is 17.5 Å². The zero-order valence-corrected chi connectivity index (χ0v) is 12.5.